The van der Waals surface area contributed by atoms with Crippen molar-refractivity contribution in [2.45, 2.75) is 31.2 Å². The smallest absolute Gasteiger partial charge is 0.253 e. The van der Waals surface area contributed by atoms with Crippen molar-refractivity contribution < 1.29 is 9.53 Å². The van der Waals surface area contributed by atoms with E-state index in [-0.39, 0.29) is 36.8 Å². The van der Waals surface area contributed by atoms with Crippen LogP contribution < -0.4 is 10.1 Å². The van der Waals surface area contributed by atoms with Crippen molar-refractivity contribution in [1.82, 2.24) is 15.2 Å². The van der Waals surface area contributed by atoms with E-state index in [0.29, 0.717) is 11.5 Å². The Morgan fingerprint density at radius 3 is 2.64 bits per heavy atom. The molecule has 2 aromatic rings. The Hall–Kier alpha value is -1.82. The molecular weight excluding hydrogens is 397 g/mol. The number of para-hydroxylation sites is 1. The number of fused-ring (bicyclic) bond motifs is 1. The standard InChI is InChI=1S/C21H25N3O2.2ClH/c25-21(16-4-3-10-22-14-16)23-18-7-11-24(12-8-18)15-17-9-13-26-20-6-2-1-5-19(17)20;;/h1-6,10,14,17-18H,7-9,11-13,15H2,(H,23,25);2*1H. The number of halogens is 2. The molecule has 0 bridgehead atoms. The Morgan fingerprint density at radius 2 is 1.89 bits per heavy atom. The fourth-order valence-corrected chi connectivity index (χ4v) is 3.94. The number of hydrogen-bond donors (Lipinski definition) is 1. The minimum Gasteiger partial charge on any atom is -0.493 e. The van der Waals surface area contributed by atoms with Gasteiger partial charge in [0.1, 0.15) is 5.75 Å². The molecule has 1 saturated heterocycles. The van der Waals surface area contributed by atoms with Crippen molar-refractivity contribution in [3.8, 4) is 5.75 Å². The first-order chi connectivity index (χ1) is 12.8. The second-order valence-electron chi connectivity index (χ2n) is 7.16. The van der Waals surface area contributed by atoms with Crippen LogP contribution in [0.1, 0.15) is 41.1 Å². The molecule has 1 N–H and O–H groups in total. The van der Waals surface area contributed by atoms with Crippen LogP contribution >= 0.6 is 24.8 Å². The van der Waals surface area contributed by atoms with E-state index in [1.807, 2.05) is 6.07 Å². The Kier molecular flexibility index (Phi) is 8.55. The molecule has 1 atom stereocenters. The number of benzene rings is 1. The zero-order valence-corrected chi connectivity index (χ0v) is 17.4. The van der Waals surface area contributed by atoms with Gasteiger partial charge in [-0.3, -0.25) is 9.78 Å². The Morgan fingerprint density at radius 1 is 1.11 bits per heavy atom. The van der Waals surface area contributed by atoms with Crippen LogP contribution in [0.2, 0.25) is 0 Å². The first-order valence-corrected chi connectivity index (χ1v) is 9.44. The topological polar surface area (TPSA) is 54.5 Å². The molecule has 4 rings (SSSR count). The summed E-state index contributed by atoms with van der Waals surface area (Å²) in [6.45, 7) is 3.93. The number of ether oxygens (including phenoxy) is 1. The van der Waals surface area contributed by atoms with Gasteiger partial charge in [0.25, 0.3) is 5.91 Å². The molecule has 2 aliphatic rings. The molecule has 0 spiro atoms. The van der Waals surface area contributed by atoms with Gasteiger partial charge >= 0.3 is 0 Å². The van der Waals surface area contributed by atoms with Crippen LogP contribution in [0.4, 0.5) is 0 Å². The molecule has 152 valence electrons. The van der Waals surface area contributed by atoms with Crippen LogP contribution in [0.5, 0.6) is 5.75 Å². The molecule has 1 aromatic carbocycles. The van der Waals surface area contributed by atoms with E-state index in [1.165, 1.54) is 5.56 Å². The average Bonchev–Trinajstić information content (AvgIpc) is 2.70. The summed E-state index contributed by atoms with van der Waals surface area (Å²) in [6, 6.07) is 12.3. The van der Waals surface area contributed by atoms with Gasteiger partial charge < -0.3 is 15.0 Å². The lowest BCUT2D eigenvalue weighted by atomic mass is 9.91. The SMILES string of the molecule is Cl.Cl.O=C(NC1CCN(CC2CCOc3ccccc32)CC1)c1cccnc1. The zero-order chi connectivity index (χ0) is 17.8. The van der Waals surface area contributed by atoms with E-state index in [9.17, 15) is 4.79 Å². The molecule has 1 amide bonds. The van der Waals surface area contributed by atoms with Crippen molar-refractivity contribution in [1.29, 1.82) is 0 Å². The van der Waals surface area contributed by atoms with E-state index < -0.39 is 0 Å². The number of hydrogen-bond acceptors (Lipinski definition) is 4. The lowest BCUT2D eigenvalue weighted by Gasteiger charge is -2.36. The minimum atomic E-state index is -0.0186. The third kappa shape index (κ3) is 5.37. The summed E-state index contributed by atoms with van der Waals surface area (Å²) in [5.74, 6) is 1.57. The largest absolute Gasteiger partial charge is 0.493 e. The summed E-state index contributed by atoms with van der Waals surface area (Å²) in [4.78, 5) is 18.8. The molecule has 1 aromatic heterocycles. The molecule has 3 heterocycles. The van der Waals surface area contributed by atoms with E-state index in [0.717, 1.165) is 51.3 Å². The zero-order valence-electron chi connectivity index (χ0n) is 15.8. The van der Waals surface area contributed by atoms with Gasteiger partial charge in [0.05, 0.1) is 12.2 Å². The number of carbonyl (C=O) groups excluding carboxylic acids is 1. The van der Waals surface area contributed by atoms with Gasteiger partial charge in [-0.1, -0.05) is 18.2 Å². The van der Waals surface area contributed by atoms with Gasteiger partial charge in [0.2, 0.25) is 0 Å². The minimum absolute atomic E-state index is 0. The normalized spacial score (nSPS) is 19.4. The number of rotatable bonds is 4. The van der Waals surface area contributed by atoms with Crippen molar-refractivity contribution in [2.75, 3.05) is 26.2 Å². The van der Waals surface area contributed by atoms with Crippen molar-refractivity contribution in [3.63, 3.8) is 0 Å². The quantitative estimate of drug-likeness (QED) is 0.814. The number of pyridine rings is 1. The summed E-state index contributed by atoms with van der Waals surface area (Å²) < 4.78 is 5.77. The van der Waals surface area contributed by atoms with Gasteiger partial charge in [-0.2, -0.15) is 0 Å². The van der Waals surface area contributed by atoms with E-state index >= 15 is 0 Å². The summed E-state index contributed by atoms with van der Waals surface area (Å²) >= 11 is 0. The Bertz CT molecular complexity index is 752. The molecule has 0 aliphatic carbocycles. The first kappa shape index (κ1) is 22.5. The summed E-state index contributed by atoms with van der Waals surface area (Å²) in [6.07, 6.45) is 6.37. The lowest BCUT2D eigenvalue weighted by molar-refractivity contribution is 0.0906. The van der Waals surface area contributed by atoms with Crippen LogP contribution in [-0.4, -0.2) is 48.1 Å². The third-order valence-electron chi connectivity index (χ3n) is 5.41. The molecule has 1 unspecified atom stereocenters. The second-order valence-corrected chi connectivity index (χ2v) is 7.16. The van der Waals surface area contributed by atoms with Gasteiger partial charge in [-0.15, -0.1) is 24.8 Å². The van der Waals surface area contributed by atoms with E-state index in [4.69, 9.17) is 4.74 Å². The number of nitrogens with zero attached hydrogens (tertiary/aromatic N) is 2. The number of likely N-dealkylation sites (tertiary alicyclic amines) is 1. The highest BCUT2D eigenvalue weighted by Gasteiger charge is 2.26. The van der Waals surface area contributed by atoms with Crippen molar-refractivity contribution in [3.05, 3.63) is 59.9 Å². The molecule has 7 heteroatoms. The molecule has 28 heavy (non-hydrogen) atoms. The Balaban J connectivity index is 0.00000140. The lowest BCUT2D eigenvalue weighted by Crippen LogP contribution is -2.45. The second kappa shape index (κ2) is 10.6. The third-order valence-corrected chi connectivity index (χ3v) is 5.41. The number of carbonyl (C=O) groups is 1. The number of amides is 1. The monoisotopic (exact) mass is 423 g/mol. The fourth-order valence-electron chi connectivity index (χ4n) is 3.94. The first-order valence-electron chi connectivity index (χ1n) is 9.44. The maximum Gasteiger partial charge on any atom is 0.253 e. The molecule has 5 nitrogen and oxygen atoms in total. The Labute approximate surface area is 178 Å². The van der Waals surface area contributed by atoms with Crippen LogP contribution in [0.3, 0.4) is 0 Å². The maximum atomic E-state index is 12.3. The van der Waals surface area contributed by atoms with Gasteiger partial charge in [-0.05, 0) is 43.0 Å². The van der Waals surface area contributed by atoms with E-state index in [2.05, 4.69) is 33.4 Å². The number of aromatic nitrogens is 1. The van der Waals surface area contributed by atoms with Crippen LogP contribution in [0, 0.1) is 0 Å². The highest BCUT2D eigenvalue weighted by atomic mass is 35.5. The summed E-state index contributed by atoms with van der Waals surface area (Å²) in [7, 11) is 0. The molecular formula is C21H27Cl2N3O2. The fraction of sp³-hybridized carbons (Fsp3) is 0.429. The maximum absolute atomic E-state index is 12.3. The molecule has 0 saturated carbocycles. The average molecular weight is 424 g/mol. The highest BCUT2D eigenvalue weighted by molar-refractivity contribution is 5.94. The highest BCUT2D eigenvalue weighted by Crippen LogP contribution is 2.34. The van der Waals surface area contributed by atoms with Crippen molar-refractivity contribution >= 4 is 30.7 Å². The molecule has 2 aliphatic heterocycles. The van der Waals surface area contributed by atoms with Gasteiger partial charge in [0.15, 0.2) is 0 Å². The summed E-state index contributed by atoms with van der Waals surface area (Å²) in [5, 5.41) is 3.15. The van der Waals surface area contributed by atoms with Crippen LogP contribution in [0.15, 0.2) is 48.8 Å². The molecule has 1 fully saturated rings. The number of piperidine rings is 1. The number of nitrogens with one attached hydrogen (secondary N) is 1. The summed E-state index contributed by atoms with van der Waals surface area (Å²) in [5.41, 5.74) is 1.97. The van der Waals surface area contributed by atoms with Crippen LogP contribution in [0.25, 0.3) is 0 Å². The van der Waals surface area contributed by atoms with Gasteiger partial charge in [-0.25, -0.2) is 0 Å². The van der Waals surface area contributed by atoms with E-state index in [1.54, 1.807) is 24.5 Å². The van der Waals surface area contributed by atoms with Crippen molar-refractivity contribution in [2.24, 2.45) is 0 Å². The van der Waals surface area contributed by atoms with Gasteiger partial charge in [0, 0.05) is 44.0 Å². The molecule has 0 radical (unpaired) electrons. The predicted molar refractivity (Wildman–Crippen MR) is 115 cm³/mol. The van der Waals surface area contributed by atoms with Crippen LogP contribution in [-0.2, 0) is 0 Å². The predicted octanol–water partition coefficient (Wildman–Crippen LogP) is 3.69.